The summed E-state index contributed by atoms with van der Waals surface area (Å²) >= 11 is 0. The zero-order chi connectivity index (χ0) is 19.8. The van der Waals surface area contributed by atoms with E-state index in [0.717, 1.165) is 0 Å². The number of benzene rings is 3. The highest BCUT2D eigenvalue weighted by Crippen LogP contribution is 2.55. The van der Waals surface area contributed by atoms with Gasteiger partial charge in [0, 0.05) is 0 Å². The molecule has 0 heterocycles. The van der Waals surface area contributed by atoms with Crippen LogP contribution in [0.3, 0.4) is 0 Å². The number of hydrogen-bond acceptors (Lipinski definition) is 3. The largest absolute Gasteiger partial charge is 0.447 e. The molecular formula is C24H23NO2P+. The molecule has 1 atom stereocenters. The average Bonchev–Trinajstić information content (AvgIpc) is 2.76. The Morgan fingerprint density at radius 3 is 1.61 bits per heavy atom. The van der Waals surface area contributed by atoms with Crippen LogP contribution in [-0.4, -0.2) is 18.2 Å². The second-order valence-corrected chi connectivity index (χ2v) is 10.2. The summed E-state index contributed by atoms with van der Waals surface area (Å²) in [6.45, 7) is 1.59. The van der Waals surface area contributed by atoms with E-state index >= 15 is 0 Å². The van der Waals surface area contributed by atoms with Gasteiger partial charge in [0.25, 0.3) is 0 Å². The van der Waals surface area contributed by atoms with Gasteiger partial charge in [0.15, 0.2) is 6.10 Å². The maximum atomic E-state index is 12.4. The first-order valence-corrected chi connectivity index (χ1v) is 11.3. The Morgan fingerprint density at radius 1 is 0.857 bits per heavy atom. The molecule has 0 bridgehead atoms. The molecule has 0 aliphatic heterocycles. The van der Waals surface area contributed by atoms with Crippen molar-refractivity contribution < 1.29 is 9.53 Å². The van der Waals surface area contributed by atoms with Gasteiger partial charge in [0.05, 0.1) is 12.6 Å². The smallest absolute Gasteiger partial charge is 0.310 e. The molecule has 3 aromatic carbocycles. The fraction of sp³-hybridized carbons (Fsp3) is 0.167. The molecule has 140 valence electrons. The van der Waals surface area contributed by atoms with E-state index in [1.165, 1.54) is 15.9 Å². The Balaban J connectivity index is 2.09. The number of nitrogens with zero attached hydrogens (tertiary/aromatic N) is 1. The first-order chi connectivity index (χ1) is 13.7. The minimum Gasteiger partial charge on any atom is -0.447 e. The van der Waals surface area contributed by atoms with Crippen molar-refractivity contribution in [3.05, 3.63) is 91.0 Å². The van der Waals surface area contributed by atoms with Crippen LogP contribution in [0.15, 0.2) is 91.0 Å². The lowest BCUT2D eigenvalue weighted by Crippen LogP contribution is -2.34. The number of rotatable bonds is 7. The number of nitriles is 1. The van der Waals surface area contributed by atoms with Crippen molar-refractivity contribution in [3.63, 3.8) is 0 Å². The van der Waals surface area contributed by atoms with E-state index in [-0.39, 0.29) is 12.4 Å². The second-order valence-electron chi connectivity index (χ2n) is 6.55. The molecule has 3 rings (SSSR count). The summed E-state index contributed by atoms with van der Waals surface area (Å²) < 4.78 is 5.22. The van der Waals surface area contributed by atoms with E-state index in [0.29, 0.717) is 6.16 Å². The van der Waals surface area contributed by atoms with Crippen LogP contribution in [0.1, 0.15) is 13.3 Å². The molecule has 0 fully saturated rings. The van der Waals surface area contributed by atoms with Crippen molar-refractivity contribution >= 4 is 29.1 Å². The molecule has 0 N–H and O–H groups in total. The Morgan fingerprint density at radius 2 is 1.25 bits per heavy atom. The van der Waals surface area contributed by atoms with E-state index in [1.807, 2.05) is 60.7 Å². The number of ether oxygens (including phenoxy) is 1. The van der Waals surface area contributed by atoms with Gasteiger partial charge in [0.1, 0.15) is 29.2 Å². The fourth-order valence-corrected chi connectivity index (χ4v) is 7.65. The Bertz CT molecular complexity index is 840. The number of carbonyl (C=O) groups is 1. The van der Waals surface area contributed by atoms with Crippen LogP contribution in [0, 0.1) is 11.3 Å². The minimum absolute atomic E-state index is 0.262. The van der Waals surface area contributed by atoms with Gasteiger partial charge in [-0.2, -0.15) is 5.26 Å². The van der Waals surface area contributed by atoms with Crippen molar-refractivity contribution in [3.8, 4) is 6.07 Å². The van der Waals surface area contributed by atoms with Gasteiger partial charge >= 0.3 is 5.97 Å². The van der Waals surface area contributed by atoms with Crippen LogP contribution in [0.5, 0.6) is 0 Å². The van der Waals surface area contributed by atoms with Crippen LogP contribution in [0.2, 0.25) is 0 Å². The zero-order valence-corrected chi connectivity index (χ0v) is 16.8. The molecule has 0 saturated heterocycles. The van der Waals surface area contributed by atoms with Gasteiger partial charge in [-0.05, 0) is 43.3 Å². The molecule has 0 aliphatic rings. The predicted octanol–water partition coefficient (Wildman–Crippen LogP) is 3.83. The molecular weight excluding hydrogens is 365 g/mol. The van der Waals surface area contributed by atoms with Gasteiger partial charge in [0.2, 0.25) is 0 Å². The predicted molar refractivity (Wildman–Crippen MR) is 116 cm³/mol. The summed E-state index contributed by atoms with van der Waals surface area (Å²) in [5, 5.41) is 12.6. The molecule has 0 aromatic heterocycles. The highest BCUT2D eigenvalue weighted by Gasteiger charge is 2.45. The molecule has 4 heteroatoms. The van der Waals surface area contributed by atoms with Crippen molar-refractivity contribution in [1.29, 1.82) is 5.26 Å². The Labute approximate surface area is 166 Å². The molecule has 0 amide bonds. The van der Waals surface area contributed by atoms with Crippen LogP contribution in [0.4, 0.5) is 0 Å². The lowest BCUT2D eigenvalue weighted by atomic mass is 10.3. The van der Waals surface area contributed by atoms with Gasteiger partial charge in [-0.1, -0.05) is 54.6 Å². The molecule has 28 heavy (non-hydrogen) atoms. The summed E-state index contributed by atoms with van der Waals surface area (Å²) in [6.07, 6.45) is 0.186. The Hall–Kier alpha value is -2.95. The first kappa shape index (κ1) is 19.8. The normalized spacial score (nSPS) is 12.0. The standard InChI is InChI=1S/C24H23NO2P/c1-20(19-25)27-24(26)17-18-28(21-11-5-2-6-12-21,22-13-7-3-8-14-22)23-15-9-4-10-16-23/h2-16,20H,17-18H2,1H3/q+1. The van der Waals surface area contributed by atoms with Crippen molar-refractivity contribution in [1.82, 2.24) is 0 Å². The summed E-state index contributed by atoms with van der Waals surface area (Å²) in [5.74, 6) is -0.332. The number of esters is 1. The first-order valence-electron chi connectivity index (χ1n) is 9.31. The third kappa shape index (κ3) is 4.30. The van der Waals surface area contributed by atoms with Crippen molar-refractivity contribution in [2.24, 2.45) is 0 Å². The zero-order valence-electron chi connectivity index (χ0n) is 15.9. The molecule has 0 saturated carbocycles. The molecule has 3 nitrogen and oxygen atoms in total. The van der Waals surface area contributed by atoms with Crippen LogP contribution in [-0.2, 0) is 9.53 Å². The average molecular weight is 388 g/mol. The molecule has 3 aromatic rings. The monoisotopic (exact) mass is 388 g/mol. The second kappa shape index (κ2) is 9.31. The molecule has 1 unspecified atom stereocenters. The summed E-state index contributed by atoms with van der Waals surface area (Å²) in [4.78, 5) is 12.4. The van der Waals surface area contributed by atoms with Crippen LogP contribution < -0.4 is 15.9 Å². The summed E-state index contributed by atoms with van der Waals surface area (Å²) in [5.41, 5.74) is 0. The van der Waals surface area contributed by atoms with Crippen molar-refractivity contribution in [2.45, 2.75) is 19.4 Å². The van der Waals surface area contributed by atoms with Gasteiger partial charge in [-0.25, -0.2) is 0 Å². The van der Waals surface area contributed by atoms with Gasteiger partial charge in [-0.15, -0.1) is 0 Å². The van der Waals surface area contributed by atoms with E-state index in [1.54, 1.807) is 6.92 Å². The molecule has 0 aliphatic carbocycles. The third-order valence-corrected chi connectivity index (χ3v) is 9.17. The quantitative estimate of drug-likeness (QED) is 0.457. The lowest BCUT2D eigenvalue weighted by molar-refractivity contribution is -0.145. The number of hydrogen-bond donors (Lipinski definition) is 0. The van der Waals surface area contributed by atoms with E-state index in [4.69, 9.17) is 10.00 Å². The van der Waals surface area contributed by atoms with Gasteiger partial charge in [-0.3, -0.25) is 4.79 Å². The lowest BCUT2D eigenvalue weighted by Gasteiger charge is -2.27. The highest BCUT2D eigenvalue weighted by molar-refractivity contribution is 7.95. The van der Waals surface area contributed by atoms with Crippen LogP contribution >= 0.6 is 7.26 Å². The maximum Gasteiger partial charge on any atom is 0.310 e. The van der Waals surface area contributed by atoms with Crippen LogP contribution in [0.25, 0.3) is 0 Å². The third-order valence-electron chi connectivity index (χ3n) is 4.73. The SMILES string of the molecule is CC(C#N)OC(=O)CC[P+](c1ccccc1)(c1ccccc1)c1ccccc1. The van der Waals surface area contributed by atoms with Gasteiger partial charge < -0.3 is 4.74 Å². The van der Waals surface area contributed by atoms with Crippen molar-refractivity contribution in [2.75, 3.05) is 6.16 Å². The summed E-state index contributed by atoms with van der Waals surface area (Å²) in [7, 11) is -2.04. The summed E-state index contributed by atoms with van der Waals surface area (Å²) in [6, 6.07) is 33.2. The van der Waals surface area contributed by atoms with E-state index in [2.05, 4.69) is 36.4 Å². The highest BCUT2D eigenvalue weighted by atomic mass is 31.2. The molecule has 0 radical (unpaired) electrons. The number of carbonyl (C=O) groups excluding carboxylic acids is 1. The molecule has 0 spiro atoms. The minimum atomic E-state index is -2.04. The Kier molecular flexibility index (Phi) is 6.58. The fourth-order valence-electron chi connectivity index (χ4n) is 3.42. The van der Waals surface area contributed by atoms with E-state index < -0.39 is 13.4 Å². The maximum absolute atomic E-state index is 12.4. The van der Waals surface area contributed by atoms with E-state index in [9.17, 15) is 4.79 Å². The topological polar surface area (TPSA) is 50.1 Å².